The quantitative estimate of drug-likeness (QED) is 0.357. The van der Waals surface area contributed by atoms with Crippen LogP contribution in [0.25, 0.3) is 11.5 Å². The minimum atomic E-state index is -1.16. The molecule has 1 aliphatic rings. The molecule has 1 fully saturated rings. The van der Waals surface area contributed by atoms with Crippen molar-refractivity contribution in [2.24, 2.45) is 0 Å². The maximum absolute atomic E-state index is 14.8. The zero-order chi connectivity index (χ0) is 24.5. The Morgan fingerprint density at radius 2 is 2.00 bits per heavy atom. The lowest BCUT2D eigenvalue weighted by Crippen LogP contribution is -2.31. The van der Waals surface area contributed by atoms with Gasteiger partial charge >= 0.3 is 0 Å². The second-order valence-electron chi connectivity index (χ2n) is 8.84. The summed E-state index contributed by atoms with van der Waals surface area (Å²) in [6.07, 6.45) is 3.60. The summed E-state index contributed by atoms with van der Waals surface area (Å²) in [6, 6.07) is 11.6. The smallest absolute Gasteiger partial charge is 0.254 e. The minimum absolute atomic E-state index is 0.00818. The second-order valence-corrected chi connectivity index (χ2v) is 8.84. The number of rotatable bonds is 6. The van der Waals surface area contributed by atoms with Crippen molar-refractivity contribution >= 4 is 5.91 Å². The number of nitrogens with zero attached hydrogens (tertiary/aromatic N) is 4. The van der Waals surface area contributed by atoms with Crippen LogP contribution in [0.1, 0.15) is 65.1 Å². The van der Waals surface area contributed by atoms with E-state index in [4.69, 9.17) is 8.83 Å². The van der Waals surface area contributed by atoms with Gasteiger partial charge in [0.2, 0.25) is 11.8 Å². The van der Waals surface area contributed by atoms with E-state index in [1.807, 2.05) is 37.3 Å². The Bertz CT molecular complexity index is 1350. The summed E-state index contributed by atoms with van der Waals surface area (Å²) in [5, 5.41) is 7.98. The Labute approximate surface area is 200 Å². The highest BCUT2D eigenvalue weighted by atomic mass is 19.2. The van der Waals surface area contributed by atoms with Gasteiger partial charge < -0.3 is 13.7 Å². The largest absolute Gasteiger partial charge is 0.446 e. The number of carbonyl (C=O) groups is 1. The topological polar surface area (TPSA) is 85.3 Å². The molecule has 7 nitrogen and oxygen atoms in total. The average molecular weight is 478 g/mol. The molecule has 2 unspecified atom stereocenters. The summed E-state index contributed by atoms with van der Waals surface area (Å²) in [6.45, 7) is 4.18. The molecule has 0 bridgehead atoms. The number of aromatic nitrogens is 3. The normalized spacial score (nSPS) is 16.6. The average Bonchev–Trinajstić information content (AvgIpc) is 3.61. The van der Waals surface area contributed by atoms with Gasteiger partial charge in [-0.3, -0.25) is 4.79 Å². The molecule has 2 aromatic heterocycles. The fourth-order valence-corrected chi connectivity index (χ4v) is 4.42. The molecule has 0 N–H and O–H groups in total. The fraction of sp³-hybridized carbons (Fsp3) is 0.308. The van der Waals surface area contributed by atoms with Gasteiger partial charge in [-0.15, -0.1) is 10.2 Å². The van der Waals surface area contributed by atoms with Gasteiger partial charge in [0.1, 0.15) is 12.3 Å². The van der Waals surface area contributed by atoms with Crippen molar-refractivity contribution in [1.82, 2.24) is 20.1 Å². The van der Waals surface area contributed by atoms with Crippen molar-refractivity contribution in [1.29, 1.82) is 0 Å². The molecule has 2 atom stereocenters. The molecule has 0 spiro atoms. The van der Waals surface area contributed by atoms with Crippen LogP contribution in [-0.2, 0) is 6.42 Å². The Hall–Kier alpha value is -3.88. The highest BCUT2D eigenvalue weighted by Gasteiger charge is 2.34. The van der Waals surface area contributed by atoms with E-state index in [0.29, 0.717) is 36.9 Å². The van der Waals surface area contributed by atoms with Crippen LogP contribution in [0.5, 0.6) is 0 Å². The van der Waals surface area contributed by atoms with E-state index < -0.39 is 17.5 Å². The van der Waals surface area contributed by atoms with Gasteiger partial charge in [-0.1, -0.05) is 37.3 Å². The van der Waals surface area contributed by atoms with E-state index >= 15 is 0 Å². The summed E-state index contributed by atoms with van der Waals surface area (Å²) < 4.78 is 40.5. The lowest BCUT2D eigenvalue weighted by atomic mass is 10.0. The third-order valence-electron chi connectivity index (χ3n) is 6.19. The number of benzene rings is 2. The predicted molar refractivity (Wildman–Crippen MR) is 122 cm³/mol. The van der Waals surface area contributed by atoms with Crippen LogP contribution in [0, 0.1) is 18.6 Å². The third kappa shape index (κ3) is 4.58. The Balaban J connectivity index is 1.41. The summed E-state index contributed by atoms with van der Waals surface area (Å²) in [5.41, 5.74) is 1.54. The molecule has 3 heterocycles. The predicted octanol–water partition coefficient (Wildman–Crippen LogP) is 5.63. The van der Waals surface area contributed by atoms with Crippen LogP contribution >= 0.6 is 0 Å². The number of carbonyl (C=O) groups excluding carboxylic acids is 1. The van der Waals surface area contributed by atoms with Gasteiger partial charge in [0, 0.05) is 18.0 Å². The maximum Gasteiger partial charge on any atom is 0.254 e. The third-order valence-corrected chi connectivity index (χ3v) is 6.19. The maximum atomic E-state index is 14.8. The van der Waals surface area contributed by atoms with Crippen LogP contribution in [0.4, 0.5) is 8.78 Å². The van der Waals surface area contributed by atoms with Gasteiger partial charge in [0.15, 0.2) is 11.6 Å². The summed E-state index contributed by atoms with van der Waals surface area (Å²) in [5.74, 6) is -2.32. The highest BCUT2D eigenvalue weighted by Crippen LogP contribution is 2.34. The molecule has 0 radical (unpaired) electrons. The number of aryl methyl sites for hydroxylation is 1. The van der Waals surface area contributed by atoms with Crippen LogP contribution in [0.2, 0.25) is 0 Å². The van der Waals surface area contributed by atoms with Crippen LogP contribution in [0.15, 0.2) is 57.6 Å². The van der Waals surface area contributed by atoms with E-state index in [1.54, 1.807) is 11.8 Å². The van der Waals surface area contributed by atoms with E-state index in [2.05, 4.69) is 15.2 Å². The molecule has 1 aliphatic heterocycles. The first kappa shape index (κ1) is 22.9. The summed E-state index contributed by atoms with van der Waals surface area (Å²) in [7, 11) is 0. The fourth-order valence-electron chi connectivity index (χ4n) is 4.42. The molecule has 1 amide bonds. The zero-order valence-corrected chi connectivity index (χ0v) is 19.4. The monoisotopic (exact) mass is 478 g/mol. The molecule has 180 valence electrons. The van der Waals surface area contributed by atoms with Crippen molar-refractivity contribution in [2.45, 2.75) is 45.1 Å². The molecule has 35 heavy (non-hydrogen) atoms. The van der Waals surface area contributed by atoms with Crippen molar-refractivity contribution in [2.75, 3.05) is 6.54 Å². The van der Waals surface area contributed by atoms with E-state index in [1.165, 1.54) is 12.3 Å². The summed E-state index contributed by atoms with van der Waals surface area (Å²) in [4.78, 5) is 19.2. The number of halogens is 2. The Morgan fingerprint density at radius 1 is 1.20 bits per heavy atom. The first-order valence-electron chi connectivity index (χ1n) is 11.5. The van der Waals surface area contributed by atoms with Crippen molar-refractivity contribution in [3.63, 3.8) is 0 Å². The van der Waals surface area contributed by atoms with Gasteiger partial charge in [-0.25, -0.2) is 13.8 Å². The van der Waals surface area contributed by atoms with Gasteiger partial charge in [0.25, 0.3) is 11.8 Å². The number of hydrogen-bond donors (Lipinski definition) is 0. The number of amides is 1. The Morgan fingerprint density at radius 3 is 2.74 bits per heavy atom. The first-order valence-corrected chi connectivity index (χ1v) is 11.5. The molecular weight excluding hydrogens is 454 g/mol. The van der Waals surface area contributed by atoms with Crippen molar-refractivity contribution < 1.29 is 22.4 Å². The second kappa shape index (κ2) is 9.40. The van der Waals surface area contributed by atoms with Gasteiger partial charge in [-0.2, -0.15) is 0 Å². The molecular formula is C26H24F2N4O3. The number of likely N-dealkylation sites (tertiary alicyclic amines) is 1. The molecule has 1 saturated heterocycles. The van der Waals surface area contributed by atoms with Crippen LogP contribution in [0.3, 0.4) is 0 Å². The van der Waals surface area contributed by atoms with Crippen LogP contribution in [-0.4, -0.2) is 32.5 Å². The summed E-state index contributed by atoms with van der Waals surface area (Å²) >= 11 is 0. The lowest BCUT2D eigenvalue weighted by Gasteiger charge is -2.22. The number of hydrogen-bond acceptors (Lipinski definition) is 6. The number of oxazole rings is 1. The van der Waals surface area contributed by atoms with Gasteiger partial charge in [-0.05, 0) is 43.9 Å². The van der Waals surface area contributed by atoms with E-state index in [-0.39, 0.29) is 29.0 Å². The molecule has 4 aromatic rings. The van der Waals surface area contributed by atoms with Crippen LogP contribution < -0.4 is 0 Å². The molecule has 5 rings (SSSR count). The minimum Gasteiger partial charge on any atom is -0.446 e. The van der Waals surface area contributed by atoms with Gasteiger partial charge in [0.05, 0.1) is 11.3 Å². The molecule has 2 aromatic carbocycles. The SMILES string of the molecule is Cc1coc(C2CCCN2C(=O)c2cc(F)c(F)c(-c3nnc(C(C)Cc4ccccc4)o3)c2)n1. The van der Waals surface area contributed by atoms with Crippen molar-refractivity contribution in [3.05, 3.63) is 89.0 Å². The van der Waals surface area contributed by atoms with E-state index in [9.17, 15) is 13.6 Å². The Kier molecular flexibility index (Phi) is 6.15. The van der Waals surface area contributed by atoms with Crippen molar-refractivity contribution in [3.8, 4) is 11.5 Å². The molecule has 0 saturated carbocycles. The lowest BCUT2D eigenvalue weighted by molar-refractivity contribution is 0.0715. The standard InChI is InChI=1S/C26H24F2N4O3/c1-15(11-17-7-4-3-5-8-17)23-30-31-24(35-23)19-12-18(13-20(27)22(19)28)26(33)32-10-6-9-21(32)25-29-16(2)14-34-25/h3-5,7-8,12-15,21H,6,9-11H2,1-2H3. The zero-order valence-electron chi connectivity index (χ0n) is 19.4. The first-order chi connectivity index (χ1) is 16.9. The highest BCUT2D eigenvalue weighted by molar-refractivity contribution is 5.95. The molecule has 0 aliphatic carbocycles. The van der Waals surface area contributed by atoms with E-state index in [0.717, 1.165) is 18.1 Å². The molecule has 9 heteroatoms.